The van der Waals surface area contributed by atoms with Gasteiger partial charge < -0.3 is 41.8 Å². The largest absolute Gasteiger partial charge is 0.445 e. The summed E-state index contributed by atoms with van der Waals surface area (Å²) in [6.45, 7) is 11.8. The van der Waals surface area contributed by atoms with Crippen molar-refractivity contribution in [3.05, 3.63) is 68.5 Å². The second-order valence-corrected chi connectivity index (χ2v) is 14.5. The summed E-state index contributed by atoms with van der Waals surface area (Å²) in [6.07, 6.45) is 0.664. The van der Waals surface area contributed by atoms with Gasteiger partial charge >= 0.3 is 17.9 Å². The first-order valence-electron chi connectivity index (χ1n) is 17.0. The molecule has 0 aliphatic carbocycles. The number of nitrogens with two attached hydrogens (primary N) is 1. The average Bonchev–Trinajstić information content (AvgIpc) is 3.04. The highest BCUT2D eigenvalue weighted by Gasteiger charge is 2.38. The molecule has 0 fully saturated rings. The number of ether oxygens (including phenoxy) is 2. The molecule has 1 aromatic carbocycles. The van der Waals surface area contributed by atoms with E-state index < -0.39 is 82.4 Å². The lowest BCUT2D eigenvalue weighted by Crippen LogP contribution is -2.64. The molecule has 18 heteroatoms. The monoisotopic (exact) mass is 744 g/mol. The van der Waals surface area contributed by atoms with Gasteiger partial charge in [0.2, 0.25) is 23.6 Å². The third-order valence-electron chi connectivity index (χ3n) is 7.62. The molecule has 2 rings (SSSR count). The van der Waals surface area contributed by atoms with Crippen LogP contribution in [0, 0.1) is 6.92 Å². The van der Waals surface area contributed by atoms with Crippen LogP contribution < -0.4 is 43.6 Å². The van der Waals surface area contributed by atoms with Gasteiger partial charge in [0.1, 0.15) is 35.4 Å². The zero-order valence-corrected chi connectivity index (χ0v) is 31.5. The van der Waals surface area contributed by atoms with E-state index in [2.05, 4.69) is 31.6 Å². The fraction of sp³-hybridized carbons (Fsp3) is 0.543. The van der Waals surface area contributed by atoms with Crippen molar-refractivity contribution < 1.29 is 38.2 Å². The Hall–Kier alpha value is -5.68. The van der Waals surface area contributed by atoms with Crippen LogP contribution in [0.5, 0.6) is 0 Å². The maximum absolute atomic E-state index is 13.7. The van der Waals surface area contributed by atoms with E-state index in [1.165, 1.54) is 40.8 Å². The third-order valence-corrected chi connectivity index (χ3v) is 7.62. The molecule has 53 heavy (non-hydrogen) atoms. The number of unbranched alkanes of at least 4 members (excludes halogenated alkanes) is 1. The first-order chi connectivity index (χ1) is 24.5. The van der Waals surface area contributed by atoms with E-state index in [1.807, 2.05) is 0 Å². The number of carbonyl (C=O) groups excluding carboxylic acids is 6. The highest BCUT2D eigenvalue weighted by atomic mass is 16.6. The molecule has 18 nitrogen and oxygen atoms in total. The van der Waals surface area contributed by atoms with Crippen molar-refractivity contribution in [2.24, 2.45) is 5.73 Å². The number of H-pyrrole nitrogens is 1. The predicted molar refractivity (Wildman–Crippen MR) is 193 cm³/mol. The molecule has 292 valence electrons. The van der Waals surface area contributed by atoms with Gasteiger partial charge in [-0.1, -0.05) is 30.3 Å². The van der Waals surface area contributed by atoms with E-state index in [0.29, 0.717) is 18.4 Å². The molecule has 0 unspecified atom stereocenters. The number of aromatic amines is 1. The van der Waals surface area contributed by atoms with E-state index in [4.69, 9.17) is 15.2 Å². The molecule has 2 atom stereocenters. The molecule has 1 aromatic heterocycles. The lowest BCUT2D eigenvalue weighted by atomic mass is 10.0. The summed E-state index contributed by atoms with van der Waals surface area (Å²) in [6, 6.07) is 6.20. The number of nitrogens with one attached hydrogen (secondary N) is 6. The molecular formula is C35H52N8O10. The number of rotatable bonds is 17. The van der Waals surface area contributed by atoms with Gasteiger partial charge in [-0.15, -0.1) is 0 Å². The summed E-state index contributed by atoms with van der Waals surface area (Å²) in [5.74, 6) is -3.37. The van der Waals surface area contributed by atoms with Crippen molar-refractivity contribution in [2.45, 2.75) is 117 Å². The minimum absolute atomic E-state index is 0.0665. The van der Waals surface area contributed by atoms with Crippen LogP contribution in [0.4, 0.5) is 9.59 Å². The second kappa shape index (κ2) is 18.7. The minimum Gasteiger partial charge on any atom is -0.445 e. The highest BCUT2D eigenvalue weighted by Crippen LogP contribution is 2.11. The van der Waals surface area contributed by atoms with Gasteiger partial charge in [0.15, 0.2) is 0 Å². The van der Waals surface area contributed by atoms with Gasteiger partial charge in [0, 0.05) is 18.3 Å². The number of hydrogen-bond donors (Lipinski definition) is 7. The summed E-state index contributed by atoms with van der Waals surface area (Å²) in [4.78, 5) is 104. The lowest BCUT2D eigenvalue weighted by Gasteiger charge is -2.31. The first kappa shape index (κ1) is 43.5. The molecule has 1 heterocycles. The molecule has 0 spiro atoms. The maximum atomic E-state index is 13.7. The normalized spacial score (nSPS) is 12.8. The Balaban J connectivity index is 2.15. The van der Waals surface area contributed by atoms with Crippen LogP contribution in [0.2, 0.25) is 0 Å². The Bertz CT molecular complexity index is 1750. The van der Waals surface area contributed by atoms with Crippen molar-refractivity contribution in [3.8, 4) is 0 Å². The maximum Gasteiger partial charge on any atom is 0.408 e. The number of alkyl carbamates (subject to hydrolysis) is 2. The van der Waals surface area contributed by atoms with Crippen LogP contribution in [0.25, 0.3) is 0 Å². The molecule has 0 radical (unpaired) electrons. The van der Waals surface area contributed by atoms with E-state index in [0.717, 1.165) is 4.57 Å². The molecular weight excluding hydrogens is 692 g/mol. The summed E-state index contributed by atoms with van der Waals surface area (Å²) >= 11 is 0. The van der Waals surface area contributed by atoms with E-state index in [-0.39, 0.29) is 25.1 Å². The molecule has 0 saturated carbocycles. The van der Waals surface area contributed by atoms with Crippen molar-refractivity contribution in [3.63, 3.8) is 0 Å². The number of aryl methyl sites for hydroxylation is 1. The molecule has 0 aliphatic heterocycles. The molecule has 0 saturated heterocycles. The van der Waals surface area contributed by atoms with Crippen molar-refractivity contribution >= 4 is 35.8 Å². The number of amides is 6. The molecule has 8 N–H and O–H groups in total. The summed E-state index contributed by atoms with van der Waals surface area (Å²) in [5, 5.41) is 12.6. The van der Waals surface area contributed by atoms with E-state index in [9.17, 15) is 38.4 Å². The first-order valence-corrected chi connectivity index (χ1v) is 17.0. The van der Waals surface area contributed by atoms with Crippen molar-refractivity contribution in [1.29, 1.82) is 0 Å². The van der Waals surface area contributed by atoms with Crippen LogP contribution in [-0.4, -0.2) is 80.7 Å². The lowest BCUT2D eigenvalue weighted by molar-refractivity contribution is -0.137. The van der Waals surface area contributed by atoms with E-state index in [1.54, 1.807) is 51.1 Å². The van der Waals surface area contributed by atoms with Gasteiger partial charge in [-0.05, 0) is 80.2 Å². The van der Waals surface area contributed by atoms with Crippen LogP contribution in [0.15, 0.2) is 46.1 Å². The van der Waals surface area contributed by atoms with Gasteiger partial charge in [-0.2, -0.15) is 0 Å². The van der Waals surface area contributed by atoms with Gasteiger partial charge in [-0.3, -0.25) is 33.5 Å². The Morgan fingerprint density at radius 3 is 2.00 bits per heavy atom. The second-order valence-electron chi connectivity index (χ2n) is 14.5. The molecule has 0 bridgehead atoms. The predicted octanol–water partition coefficient (Wildman–Crippen LogP) is 0.595. The van der Waals surface area contributed by atoms with Crippen LogP contribution in [-0.2, 0) is 41.8 Å². The number of hydrogen-bond acceptors (Lipinski definition) is 10. The van der Waals surface area contributed by atoms with Crippen LogP contribution in [0.1, 0.15) is 78.9 Å². The summed E-state index contributed by atoms with van der Waals surface area (Å²) in [5.41, 5.74) is 0.906. The Morgan fingerprint density at radius 1 is 0.830 bits per heavy atom. The number of nitrogens with zero attached hydrogens (tertiary/aromatic N) is 1. The Labute approximate surface area is 307 Å². The van der Waals surface area contributed by atoms with Crippen LogP contribution in [0.3, 0.4) is 0 Å². The number of carbonyl (C=O) groups is 6. The van der Waals surface area contributed by atoms with Crippen LogP contribution >= 0.6 is 0 Å². The summed E-state index contributed by atoms with van der Waals surface area (Å²) < 4.78 is 11.4. The Morgan fingerprint density at radius 2 is 1.42 bits per heavy atom. The van der Waals surface area contributed by atoms with Crippen molar-refractivity contribution in [2.75, 3.05) is 6.54 Å². The zero-order valence-electron chi connectivity index (χ0n) is 31.5. The SMILES string of the molecule is Cc1cn(C[C@H](NC(=O)C(C)(C)NC(=O)OCc2ccccc2)C(=O)NC(C)(C)C(=O)N[C@@H](CCCCNC(=O)OC(C)(C)C)C(N)=O)c(=O)[nH]c1=O. The van der Waals surface area contributed by atoms with Gasteiger partial charge in [0.05, 0.1) is 6.54 Å². The fourth-order valence-electron chi connectivity index (χ4n) is 4.61. The van der Waals surface area contributed by atoms with Gasteiger partial charge in [-0.25, -0.2) is 14.4 Å². The number of aromatic nitrogens is 2. The summed E-state index contributed by atoms with van der Waals surface area (Å²) in [7, 11) is 0. The van der Waals surface area contributed by atoms with Gasteiger partial charge in [0.25, 0.3) is 5.56 Å². The Kier molecular flexibility index (Phi) is 15.3. The van der Waals surface area contributed by atoms with Crippen molar-refractivity contribution in [1.82, 2.24) is 36.1 Å². The standard InChI is InChI=1S/C35H52N8O10/c1-21-18-43(30(49)40-26(21)45)19-24(39-29(48)35(7,8)42-32(51)52-20-22-14-10-9-11-15-22)27(46)41-34(5,6)28(47)38-23(25(36)44)16-12-13-17-37-31(50)53-33(2,3)4/h9-11,14-15,18,23-24H,12-13,16-17,19-20H2,1-8H3,(H2,36,44)(H,37,50)(H,38,47)(H,39,48)(H,41,46)(H,42,51)(H,40,45,49)/t23-,24-/m0/s1. The molecule has 0 aliphatic rings. The average molecular weight is 745 g/mol. The topological polar surface area (TPSA) is 262 Å². The smallest absolute Gasteiger partial charge is 0.408 e. The number of primary amides is 1. The quantitative estimate of drug-likeness (QED) is 0.111. The van der Waals surface area contributed by atoms with E-state index >= 15 is 0 Å². The number of benzene rings is 1. The fourth-order valence-corrected chi connectivity index (χ4v) is 4.61. The zero-order chi connectivity index (χ0) is 40.1. The third kappa shape index (κ3) is 14.8. The molecule has 2 aromatic rings. The minimum atomic E-state index is -1.69. The highest BCUT2D eigenvalue weighted by molar-refractivity contribution is 5.97. The molecule has 6 amide bonds.